The molecule has 37 heavy (non-hydrogen) atoms. The van der Waals surface area contributed by atoms with Crippen molar-refractivity contribution < 1.29 is 14.3 Å². The number of nitrogens with one attached hydrogen (secondary N) is 3. The zero-order valence-electron chi connectivity index (χ0n) is 21.4. The number of carbonyl (C=O) groups is 1. The standard InChI is InChI=1S/C28H34N6O3/c1-36-21-10-12-26(37-2)22(17-21)24-18-25(32-31-24)28(35)29-20-9-7-8-19(16-20)23-11-13-27(33-30-23)34-14-5-3-4-6-15-34/h7-13,16-17,24-25,31-32H,3-6,14-15,18H2,1-2H3,(H,29,35). The summed E-state index contributed by atoms with van der Waals surface area (Å²) in [5.74, 6) is 2.30. The molecule has 2 saturated heterocycles. The van der Waals surface area contributed by atoms with Crippen molar-refractivity contribution in [2.45, 2.75) is 44.2 Å². The van der Waals surface area contributed by atoms with Crippen LogP contribution in [0, 0.1) is 0 Å². The molecule has 2 aromatic carbocycles. The maximum atomic E-state index is 13.1. The summed E-state index contributed by atoms with van der Waals surface area (Å²) in [6.07, 6.45) is 5.53. The molecule has 3 N–H and O–H groups in total. The van der Waals surface area contributed by atoms with Gasteiger partial charge in [0.25, 0.3) is 0 Å². The van der Waals surface area contributed by atoms with E-state index < -0.39 is 6.04 Å². The number of amides is 1. The van der Waals surface area contributed by atoms with E-state index in [0.717, 1.165) is 47.2 Å². The van der Waals surface area contributed by atoms with Crippen LogP contribution in [0.1, 0.15) is 43.7 Å². The Kier molecular flexibility index (Phi) is 7.82. The Morgan fingerprint density at radius 2 is 1.78 bits per heavy atom. The smallest absolute Gasteiger partial charge is 0.242 e. The minimum atomic E-state index is -0.405. The fourth-order valence-corrected chi connectivity index (χ4v) is 4.98. The minimum Gasteiger partial charge on any atom is -0.497 e. The third-order valence-electron chi connectivity index (χ3n) is 7.04. The lowest BCUT2D eigenvalue weighted by Crippen LogP contribution is -2.39. The van der Waals surface area contributed by atoms with Crippen molar-refractivity contribution in [2.24, 2.45) is 0 Å². The molecule has 0 radical (unpaired) electrons. The van der Waals surface area contributed by atoms with Crippen LogP contribution < -0.4 is 30.5 Å². The Morgan fingerprint density at radius 1 is 0.946 bits per heavy atom. The zero-order chi connectivity index (χ0) is 25.6. The molecule has 0 spiro atoms. The number of hydrogen-bond donors (Lipinski definition) is 3. The molecule has 9 heteroatoms. The maximum absolute atomic E-state index is 13.1. The van der Waals surface area contributed by atoms with Crippen molar-refractivity contribution in [3.63, 3.8) is 0 Å². The Labute approximate surface area is 217 Å². The molecular weight excluding hydrogens is 468 g/mol. The molecule has 0 saturated carbocycles. The van der Waals surface area contributed by atoms with Gasteiger partial charge in [-0.3, -0.25) is 4.79 Å². The van der Waals surface area contributed by atoms with E-state index in [4.69, 9.17) is 9.47 Å². The summed E-state index contributed by atoms with van der Waals surface area (Å²) in [6, 6.07) is 16.9. The second-order valence-electron chi connectivity index (χ2n) is 9.49. The summed E-state index contributed by atoms with van der Waals surface area (Å²) in [5.41, 5.74) is 9.67. The Morgan fingerprint density at radius 3 is 2.51 bits per heavy atom. The highest BCUT2D eigenvalue weighted by Crippen LogP contribution is 2.33. The Bertz CT molecular complexity index is 1210. The maximum Gasteiger partial charge on any atom is 0.242 e. The van der Waals surface area contributed by atoms with E-state index in [1.165, 1.54) is 25.7 Å². The molecule has 2 unspecified atom stereocenters. The van der Waals surface area contributed by atoms with Gasteiger partial charge in [-0.15, -0.1) is 10.2 Å². The third-order valence-corrected chi connectivity index (χ3v) is 7.04. The molecule has 0 aliphatic carbocycles. The predicted molar refractivity (Wildman–Crippen MR) is 144 cm³/mol. The monoisotopic (exact) mass is 502 g/mol. The highest BCUT2D eigenvalue weighted by molar-refractivity contribution is 5.95. The second kappa shape index (κ2) is 11.6. The van der Waals surface area contributed by atoms with Crippen LogP contribution in [0.2, 0.25) is 0 Å². The summed E-state index contributed by atoms with van der Waals surface area (Å²) in [6.45, 7) is 2.07. The van der Waals surface area contributed by atoms with Gasteiger partial charge < -0.3 is 19.7 Å². The number of nitrogens with zero attached hydrogens (tertiary/aromatic N) is 3. The van der Waals surface area contributed by atoms with Gasteiger partial charge in [-0.05, 0) is 61.7 Å². The summed E-state index contributed by atoms with van der Waals surface area (Å²) < 4.78 is 10.9. The van der Waals surface area contributed by atoms with Crippen LogP contribution in [0.15, 0.2) is 54.6 Å². The van der Waals surface area contributed by atoms with Crippen LogP contribution in [0.3, 0.4) is 0 Å². The molecule has 1 aromatic heterocycles. The Hall–Kier alpha value is -3.69. The van der Waals surface area contributed by atoms with Gasteiger partial charge in [0.2, 0.25) is 5.91 Å². The first-order valence-electron chi connectivity index (χ1n) is 12.9. The van der Waals surface area contributed by atoms with Gasteiger partial charge in [-0.2, -0.15) is 0 Å². The quantitative estimate of drug-likeness (QED) is 0.444. The van der Waals surface area contributed by atoms with Crippen molar-refractivity contribution in [1.82, 2.24) is 21.0 Å². The summed E-state index contributed by atoms with van der Waals surface area (Å²) in [4.78, 5) is 15.4. The first kappa shape index (κ1) is 25.0. The van der Waals surface area contributed by atoms with Gasteiger partial charge >= 0.3 is 0 Å². The number of methoxy groups -OCH3 is 2. The molecule has 0 bridgehead atoms. The van der Waals surface area contributed by atoms with E-state index in [9.17, 15) is 4.79 Å². The topological polar surface area (TPSA) is 101 Å². The van der Waals surface area contributed by atoms with Crippen LogP contribution in [0.25, 0.3) is 11.3 Å². The Balaban J connectivity index is 1.23. The largest absolute Gasteiger partial charge is 0.497 e. The van der Waals surface area contributed by atoms with Crippen molar-refractivity contribution in [1.29, 1.82) is 0 Å². The lowest BCUT2D eigenvalue weighted by molar-refractivity contribution is -0.117. The number of hydrogen-bond acceptors (Lipinski definition) is 8. The number of aromatic nitrogens is 2. The number of rotatable bonds is 7. The van der Waals surface area contributed by atoms with Crippen LogP contribution in [0.5, 0.6) is 11.5 Å². The number of carbonyl (C=O) groups excluding carboxylic acids is 1. The van der Waals surface area contributed by atoms with Crippen molar-refractivity contribution in [2.75, 3.05) is 37.5 Å². The van der Waals surface area contributed by atoms with E-state index in [1.807, 2.05) is 54.6 Å². The zero-order valence-corrected chi connectivity index (χ0v) is 21.4. The highest BCUT2D eigenvalue weighted by Gasteiger charge is 2.32. The molecular formula is C28H34N6O3. The number of ether oxygens (including phenoxy) is 2. The van der Waals surface area contributed by atoms with Gasteiger partial charge in [0.15, 0.2) is 5.82 Å². The summed E-state index contributed by atoms with van der Waals surface area (Å²) >= 11 is 0. The van der Waals surface area contributed by atoms with Gasteiger partial charge in [0, 0.05) is 29.9 Å². The van der Waals surface area contributed by atoms with Crippen LogP contribution in [-0.2, 0) is 4.79 Å². The molecule has 3 heterocycles. The number of hydrazine groups is 1. The average Bonchev–Trinajstić information content (AvgIpc) is 3.28. The lowest BCUT2D eigenvalue weighted by Gasteiger charge is -2.20. The number of anilines is 2. The fourth-order valence-electron chi connectivity index (χ4n) is 4.98. The molecule has 2 atom stereocenters. The van der Waals surface area contributed by atoms with Crippen molar-refractivity contribution in [3.05, 3.63) is 60.2 Å². The molecule has 1 amide bonds. The third kappa shape index (κ3) is 5.84. The molecule has 9 nitrogen and oxygen atoms in total. The lowest BCUT2D eigenvalue weighted by atomic mass is 10.00. The second-order valence-corrected chi connectivity index (χ2v) is 9.49. The fraction of sp³-hybridized carbons (Fsp3) is 0.393. The normalized spacial score (nSPS) is 19.8. The first-order valence-corrected chi connectivity index (χ1v) is 12.9. The van der Waals surface area contributed by atoms with Gasteiger partial charge in [0.05, 0.1) is 26.0 Å². The molecule has 3 aromatic rings. The highest BCUT2D eigenvalue weighted by atomic mass is 16.5. The molecule has 2 aliphatic heterocycles. The van der Waals surface area contributed by atoms with E-state index in [2.05, 4.69) is 31.3 Å². The minimum absolute atomic E-state index is 0.0925. The van der Waals surface area contributed by atoms with Crippen LogP contribution >= 0.6 is 0 Å². The average molecular weight is 503 g/mol. The van der Waals surface area contributed by atoms with E-state index >= 15 is 0 Å². The predicted octanol–water partition coefficient (Wildman–Crippen LogP) is 4.09. The van der Waals surface area contributed by atoms with E-state index in [0.29, 0.717) is 12.1 Å². The number of benzene rings is 2. The summed E-state index contributed by atoms with van der Waals surface area (Å²) in [7, 11) is 3.27. The molecule has 194 valence electrons. The van der Waals surface area contributed by atoms with Crippen LogP contribution in [0.4, 0.5) is 11.5 Å². The van der Waals surface area contributed by atoms with Gasteiger partial charge in [-0.25, -0.2) is 10.9 Å². The van der Waals surface area contributed by atoms with Crippen molar-refractivity contribution in [3.8, 4) is 22.8 Å². The van der Waals surface area contributed by atoms with Gasteiger partial charge in [-0.1, -0.05) is 25.0 Å². The SMILES string of the molecule is COc1ccc(OC)c(C2CC(C(=O)Nc3cccc(-c4ccc(N5CCCCCC5)nn4)c3)NN2)c1. The molecule has 2 fully saturated rings. The summed E-state index contributed by atoms with van der Waals surface area (Å²) in [5, 5.41) is 12.0. The van der Waals surface area contributed by atoms with E-state index in [1.54, 1.807) is 14.2 Å². The molecule has 2 aliphatic rings. The van der Waals surface area contributed by atoms with Gasteiger partial charge in [0.1, 0.15) is 17.5 Å². The van der Waals surface area contributed by atoms with E-state index in [-0.39, 0.29) is 11.9 Å². The first-order chi connectivity index (χ1) is 18.1. The van der Waals surface area contributed by atoms with Crippen LogP contribution in [-0.4, -0.2) is 49.5 Å². The van der Waals surface area contributed by atoms with Crippen molar-refractivity contribution >= 4 is 17.4 Å². The molecule has 5 rings (SSSR count).